The quantitative estimate of drug-likeness (QED) is 0.207. The average Bonchev–Trinajstić information content (AvgIpc) is 3.08. The Hall–Kier alpha value is -3.06. The van der Waals surface area contributed by atoms with Crippen molar-refractivity contribution in [1.29, 1.82) is 0 Å². The van der Waals surface area contributed by atoms with Crippen molar-refractivity contribution in [3.8, 4) is 5.06 Å². The normalized spacial score (nSPS) is 12.0. The number of nitrogens with one attached hydrogen (secondary N) is 2. The number of aliphatic hydroxyl groups is 4. The molecule has 0 spiro atoms. The molecule has 0 aliphatic heterocycles. The molecule has 0 aliphatic carbocycles. The van der Waals surface area contributed by atoms with E-state index >= 15 is 0 Å². The Labute approximate surface area is 187 Å². The zero-order valence-electron chi connectivity index (χ0n) is 16.9. The average molecular weight is 461 g/mol. The van der Waals surface area contributed by atoms with Gasteiger partial charge in [-0.25, -0.2) is 4.98 Å². The van der Waals surface area contributed by atoms with Crippen LogP contribution in [0.15, 0.2) is 54.6 Å². The molecule has 0 aliphatic rings. The minimum atomic E-state index is -3.09. The van der Waals surface area contributed by atoms with E-state index in [0.29, 0.717) is 29.9 Å². The maximum absolute atomic E-state index is 12.3. The highest BCUT2D eigenvalue weighted by Crippen LogP contribution is 2.34. The number of nitrogens with zero attached hydrogens (tertiary/aromatic N) is 1. The third kappa shape index (κ3) is 6.01. The Morgan fingerprint density at radius 3 is 2.25 bits per heavy atom. The van der Waals surface area contributed by atoms with E-state index in [1.807, 2.05) is 30.3 Å². The van der Waals surface area contributed by atoms with Gasteiger partial charge in [0.25, 0.3) is 11.7 Å². The van der Waals surface area contributed by atoms with E-state index in [2.05, 4.69) is 15.6 Å². The summed E-state index contributed by atoms with van der Waals surface area (Å²) in [6, 6.07) is 15.6. The molecule has 32 heavy (non-hydrogen) atoms. The number of nitrogens with two attached hydrogens (primary N) is 1. The number of aromatic hydroxyl groups is 1. The first-order valence-corrected chi connectivity index (χ1v) is 10.4. The van der Waals surface area contributed by atoms with E-state index in [-0.39, 0.29) is 17.2 Å². The number of nitrogen functional groups attached to an aromatic ring is 1. The summed E-state index contributed by atoms with van der Waals surface area (Å²) >= 11 is 0.600. The number of anilines is 2. The largest absolute Gasteiger partial charge is 0.498 e. The van der Waals surface area contributed by atoms with Crippen LogP contribution in [-0.4, -0.2) is 48.9 Å². The molecule has 1 amide bonds. The summed E-state index contributed by atoms with van der Waals surface area (Å²) in [5.41, 5.74) is 6.58. The smallest absolute Gasteiger partial charge is 0.294 e. The molecule has 2 aromatic carbocycles. The molecule has 0 bridgehead atoms. The van der Waals surface area contributed by atoms with Gasteiger partial charge >= 0.3 is 0 Å². The molecular weight excluding hydrogens is 436 g/mol. The van der Waals surface area contributed by atoms with Crippen molar-refractivity contribution >= 4 is 28.1 Å². The van der Waals surface area contributed by atoms with Crippen LogP contribution in [0.5, 0.6) is 5.06 Å². The van der Waals surface area contributed by atoms with Crippen LogP contribution in [0, 0.1) is 0 Å². The number of thiazole rings is 1. The number of hydrogen-bond acceptors (Lipinski definition) is 10. The number of rotatable bonds is 9. The zero-order chi connectivity index (χ0) is 23.4. The van der Waals surface area contributed by atoms with Gasteiger partial charge in [-0.2, -0.15) is 0 Å². The molecule has 11 heteroatoms. The molecule has 0 radical (unpaired) electrons. The summed E-state index contributed by atoms with van der Waals surface area (Å²) in [5, 5.41) is 54.5. The Balaban J connectivity index is 1.56. The summed E-state index contributed by atoms with van der Waals surface area (Å²) in [7, 11) is 0. The zero-order valence-corrected chi connectivity index (χ0v) is 17.7. The van der Waals surface area contributed by atoms with Crippen molar-refractivity contribution in [3.05, 3.63) is 71.4 Å². The predicted molar refractivity (Wildman–Crippen MR) is 118 cm³/mol. The van der Waals surface area contributed by atoms with E-state index in [4.69, 9.17) is 5.73 Å². The highest BCUT2D eigenvalue weighted by atomic mass is 32.1. The second kappa shape index (κ2) is 9.61. The summed E-state index contributed by atoms with van der Waals surface area (Å²) in [6.07, 6.45) is 0.505. The molecule has 0 saturated carbocycles. The van der Waals surface area contributed by atoms with Crippen molar-refractivity contribution in [2.45, 2.75) is 24.5 Å². The molecule has 0 fully saturated rings. The number of hydrogen-bond donors (Lipinski definition) is 8. The van der Waals surface area contributed by atoms with Gasteiger partial charge in [-0.15, -0.1) is 0 Å². The molecule has 0 unspecified atom stereocenters. The van der Waals surface area contributed by atoms with Crippen LogP contribution in [-0.2, 0) is 23.4 Å². The van der Waals surface area contributed by atoms with Crippen LogP contribution in [0.1, 0.15) is 16.8 Å². The van der Waals surface area contributed by atoms with Gasteiger partial charge < -0.3 is 36.6 Å². The maximum Gasteiger partial charge on any atom is 0.294 e. The molecule has 1 heterocycles. The van der Waals surface area contributed by atoms with Gasteiger partial charge in [0.1, 0.15) is 0 Å². The minimum Gasteiger partial charge on any atom is -0.498 e. The van der Waals surface area contributed by atoms with Gasteiger partial charge in [-0.3, -0.25) is 10.1 Å². The summed E-state index contributed by atoms with van der Waals surface area (Å²) in [5.74, 6) is -6.47. The molecule has 1 aromatic heterocycles. The second-order valence-corrected chi connectivity index (χ2v) is 8.19. The van der Waals surface area contributed by atoms with E-state index in [1.54, 1.807) is 12.1 Å². The highest BCUT2D eigenvalue weighted by molar-refractivity contribution is 7.17. The predicted octanol–water partition coefficient (Wildman–Crippen LogP) is 0.220. The Bertz CT molecular complexity index is 1050. The van der Waals surface area contributed by atoms with E-state index < -0.39 is 28.4 Å². The molecule has 9 N–H and O–H groups in total. The van der Waals surface area contributed by atoms with Gasteiger partial charge in [0, 0.05) is 18.7 Å². The van der Waals surface area contributed by atoms with Crippen LogP contribution in [0.4, 0.5) is 10.8 Å². The van der Waals surface area contributed by atoms with E-state index in [9.17, 15) is 30.3 Å². The lowest BCUT2D eigenvalue weighted by atomic mass is 10.1. The van der Waals surface area contributed by atoms with Gasteiger partial charge in [-0.1, -0.05) is 53.8 Å². The molecule has 10 nitrogen and oxygen atoms in total. The first-order valence-electron chi connectivity index (χ1n) is 9.61. The summed E-state index contributed by atoms with van der Waals surface area (Å²) in [4.78, 5) is 15.8. The van der Waals surface area contributed by atoms with Gasteiger partial charge in [0.15, 0.2) is 10.8 Å². The fourth-order valence-electron chi connectivity index (χ4n) is 2.99. The first kappa shape index (κ1) is 23.6. The number of carbonyl (C=O) groups is 1. The van der Waals surface area contributed by atoms with E-state index in [1.165, 1.54) is 12.1 Å². The van der Waals surface area contributed by atoms with Crippen LogP contribution in [0.25, 0.3) is 0 Å². The third-order valence-corrected chi connectivity index (χ3v) is 5.29. The van der Waals surface area contributed by atoms with Gasteiger partial charge in [-0.05, 0) is 29.7 Å². The molecule has 0 saturated heterocycles. The lowest BCUT2D eigenvalue weighted by molar-refractivity contribution is -0.185. The minimum absolute atomic E-state index is 0.119. The van der Waals surface area contributed by atoms with Gasteiger partial charge in [0.05, 0.1) is 0 Å². The number of aromatic nitrogens is 1. The SMILES string of the molecule is Nc1nc(C(O)(O)C(=O)Nc2ccc(CC(O)(O)NCCc3ccccc3)cc2)c(O)s1. The summed E-state index contributed by atoms with van der Waals surface area (Å²) < 4.78 is 0. The molecule has 3 aromatic rings. The number of benzene rings is 2. The fraction of sp³-hybridized carbons (Fsp3) is 0.238. The summed E-state index contributed by atoms with van der Waals surface area (Å²) in [6.45, 7) is 0.355. The third-order valence-electron chi connectivity index (χ3n) is 4.60. The van der Waals surface area contributed by atoms with Crippen LogP contribution < -0.4 is 16.4 Å². The topological polar surface area (TPSA) is 181 Å². The van der Waals surface area contributed by atoms with Crippen molar-refractivity contribution in [3.63, 3.8) is 0 Å². The van der Waals surface area contributed by atoms with Crippen LogP contribution in [0.2, 0.25) is 0 Å². The van der Waals surface area contributed by atoms with Crippen LogP contribution >= 0.6 is 11.3 Å². The standard InChI is InChI=1S/C21H24N4O6S/c22-19-25-16(17(26)32-19)21(30,31)18(27)24-15-8-6-14(7-9-15)12-20(28,29)23-11-10-13-4-2-1-3-5-13/h1-9,23,26,28-31H,10-12H2,(H2,22,25)(H,24,27). The van der Waals surface area contributed by atoms with Crippen molar-refractivity contribution < 1.29 is 30.3 Å². The second-order valence-electron chi connectivity index (χ2n) is 7.18. The number of carbonyl (C=O) groups excluding carboxylic acids is 1. The Morgan fingerprint density at radius 1 is 1.00 bits per heavy atom. The lowest BCUT2D eigenvalue weighted by Crippen LogP contribution is -2.47. The van der Waals surface area contributed by atoms with Crippen LogP contribution in [0.3, 0.4) is 0 Å². The maximum atomic E-state index is 12.3. The fourth-order valence-corrected chi connectivity index (χ4v) is 3.61. The molecule has 170 valence electrons. The van der Waals surface area contributed by atoms with E-state index in [0.717, 1.165) is 5.56 Å². The molecular formula is C21H24N4O6S. The monoisotopic (exact) mass is 460 g/mol. The first-order chi connectivity index (χ1) is 15.1. The Morgan fingerprint density at radius 2 is 1.66 bits per heavy atom. The lowest BCUT2D eigenvalue weighted by Gasteiger charge is -2.23. The number of amides is 1. The highest BCUT2D eigenvalue weighted by Gasteiger charge is 2.41. The van der Waals surface area contributed by atoms with Crippen molar-refractivity contribution in [2.24, 2.45) is 0 Å². The Kier molecular flexibility index (Phi) is 7.09. The molecule has 0 atom stereocenters. The van der Waals surface area contributed by atoms with Gasteiger partial charge in [0.2, 0.25) is 11.0 Å². The molecule has 3 rings (SSSR count). The van der Waals surface area contributed by atoms with Crippen molar-refractivity contribution in [1.82, 2.24) is 10.3 Å². The van der Waals surface area contributed by atoms with Crippen molar-refractivity contribution in [2.75, 3.05) is 17.6 Å².